The van der Waals surface area contributed by atoms with E-state index in [1.807, 2.05) is 54.6 Å². The van der Waals surface area contributed by atoms with Crippen molar-refractivity contribution in [3.63, 3.8) is 0 Å². The van der Waals surface area contributed by atoms with Gasteiger partial charge in [0, 0.05) is 6.21 Å². The van der Waals surface area contributed by atoms with Crippen LogP contribution in [0, 0.1) is 0 Å². The van der Waals surface area contributed by atoms with E-state index in [-0.39, 0.29) is 18.4 Å². The van der Waals surface area contributed by atoms with Crippen molar-refractivity contribution in [3.8, 4) is 5.75 Å². The van der Waals surface area contributed by atoms with Crippen LogP contribution in [-0.2, 0) is 9.53 Å². The van der Waals surface area contributed by atoms with Gasteiger partial charge in [-0.3, -0.25) is 9.79 Å². The first kappa shape index (κ1) is 15.8. The smallest absolute Gasteiger partial charge is 0.308 e. The van der Waals surface area contributed by atoms with E-state index in [0.29, 0.717) is 0 Å². The maximum Gasteiger partial charge on any atom is 0.308 e. The van der Waals surface area contributed by atoms with E-state index in [1.54, 1.807) is 13.3 Å². The van der Waals surface area contributed by atoms with Gasteiger partial charge in [0.2, 0.25) is 0 Å². The van der Waals surface area contributed by atoms with Crippen molar-refractivity contribution >= 4 is 12.2 Å². The topological polar surface area (TPSA) is 47.9 Å². The summed E-state index contributed by atoms with van der Waals surface area (Å²) in [5.41, 5.74) is 1.93. The lowest BCUT2D eigenvalue weighted by atomic mass is 10.0. The summed E-state index contributed by atoms with van der Waals surface area (Å²) >= 11 is 0. The first-order valence-corrected chi connectivity index (χ1v) is 7.02. The van der Waals surface area contributed by atoms with Gasteiger partial charge in [0.05, 0.1) is 26.7 Å². The van der Waals surface area contributed by atoms with Gasteiger partial charge in [0.15, 0.2) is 0 Å². The van der Waals surface area contributed by atoms with Gasteiger partial charge in [-0.2, -0.15) is 0 Å². The predicted molar refractivity (Wildman–Crippen MR) is 86.4 cm³/mol. The zero-order valence-corrected chi connectivity index (χ0v) is 12.7. The van der Waals surface area contributed by atoms with Crippen LogP contribution in [0.4, 0.5) is 0 Å². The predicted octanol–water partition coefficient (Wildman–Crippen LogP) is 3.42. The number of rotatable bonds is 6. The van der Waals surface area contributed by atoms with Gasteiger partial charge >= 0.3 is 5.97 Å². The molecule has 0 aromatic heterocycles. The Labute approximate surface area is 130 Å². The number of carbonyl (C=O) groups excluding carboxylic acids is 1. The van der Waals surface area contributed by atoms with Crippen molar-refractivity contribution in [2.45, 2.75) is 12.5 Å². The number of carbonyl (C=O) groups is 1. The normalized spacial score (nSPS) is 12.1. The van der Waals surface area contributed by atoms with E-state index in [2.05, 4.69) is 4.99 Å². The number of ether oxygens (including phenoxy) is 2. The fraction of sp³-hybridized carbons (Fsp3) is 0.222. The molecule has 4 nitrogen and oxygen atoms in total. The Balaban J connectivity index is 2.17. The van der Waals surface area contributed by atoms with Crippen LogP contribution in [-0.4, -0.2) is 26.4 Å². The molecule has 0 fully saturated rings. The Morgan fingerprint density at radius 1 is 1.09 bits per heavy atom. The van der Waals surface area contributed by atoms with Gasteiger partial charge < -0.3 is 9.47 Å². The number of esters is 1. The third kappa shape index (κ3) is 4.45. The number of nitrogens with zero attached hydrogens (tertiary/aromatic N) is 1. The Bertz CT molecular complexity index is 621. The third-order valence-corrected chi connectivity index (χ3v) is 3.29. The van der Waals surface area contributed by atoms with Gasteiger partial charge in [-0.15, -0.1) is 0 Å². The van der Waals surface area contributed by atoms with Crippen LogP contribution < -0.4 is 4.74 Å². The molecule has 1 atom stereocenters. The van der Waals surface area contributed by atoms with Crippen molar-refractivity contribution < 1.29 is 14.3 Å². The molecular formula is C18H19NO3. The summed E-state index contributed by atoms with van der Waals surface area (Å²) in [6.07, 6.45) is 1.98. The molecular weight excluding hydrogens is 278 g/mol. The average Bonchev–Trinajstić information content (AvgIpc) is 2.59. The molecule has 114 valence electrons. The minimum atomic E-state index is -0.277. The van der Waals surface area contributed by atoms with E-state index >= 15 is 0 Å². The second kappa shape index (κ2) is 7.98. The number of hydrogen-bond donors (Lipinski definition) is 0. The molecule has 0 aliphatic carbocycles. The summed E-state index contributed by atoms with van der Waals surface area (Å²) in [4.78, 5) is 16.1. The standard InChI is InChI=1S/C18H19NO3/c1-21-16-10-8-14(9-11-16)13-19-17(12-18(20)22-2)15-6-4-3-5-7-15/h3-11,13,17H,12H2,1-2H3/t17-/m0/s1. The van der Waals surface area contributed by atoms with Crippen molar-refractivity contribution in [1.29, 1.82) is 0 Å². The molecule has 0 bridgehead atoms. The lowest BCUT2D eigenvalue weighted by Crippen LogP contribution is -2.07. The van der Waals surface area contributed by atoms with Crippen LogP contribution in [0.3, 0.4) is 0 Å². The summed E-state index contributed by atoms with van der Waals surface area (Å²) in [6.45, 7) is 0. The molecule has 4 heteroatoms. The summed E-state index contributed by atoms with van der Waals surface area (Å²) in [7, 11) is 3.02. The third-order valence-electron chi connectivity index (χ3n) is 3.29. The van der Waals surface area contributed by atoms with E-state index in [0.717, 1.165) is 16.9 Å². The second-order valence-corrected chi connectivity index (χ2v) is 4.76. The maximum absolute atomic E-state index is 11.6. The number of hydrogen-bond acceptors (Lipinski definition) is 4. The minimum Gasteiger partial charge on any atom is -0.497 e. The fourth-order valence-electron chi connectivity index (χ4n) is 2.04. The molecule has 0 N–H and O–H groups in total. The highest BCUT2D eigenvalue weighted by atomic mass is 16.5. The zero-order valence-electron chi connectivity index (χ0n) is 12.7. The molecule has 0 saturated heterocycles. The van der Waals surface area contributed by atoms with Crippen molar-refractivity contribution in [1.82, 2.24) is 0 Å². The molecule has 0 spiro atoms. The van der Waals surface area contributed by atoms with Gasteiger partial charge in [0.25, 0.3) is 0 Å². The van der Waals surface area contributed by atoms with Gasteiger partial charge in [-0.25, -0.2) is 0 Å². The average molecular weight is 297 g/mol. The Morgan fingerprint density at radius 3 is 2.36 bits per heavy atom. The number of aliphatic imine (C=N–C) groups is 1. The summed E-state index contributed by atoms with van der Waals surface area (Å²) in [5.74, 6) is 0.520. The molecule has 0 unspecified atom stereocenters. The highest BCUT2D eigenvalue weighted by Crippen LogP contribution is 2.21. The van der Waals surface area contributed by atoms with Crippen LogP contribution in [0.5, 0.6) is 5.75 Å². The summed E-state index contributed by atoms with van der Waals surface area (Å²) in [5, 5.41) is 0. The molecule has 2 rings (SSSR count). The Kier molecular flexibility index (Phi) is 5.72. The Morgan fingerprint density at radius 2 is 1.77 bits per heavy atom. The fourth-order valence-corrected chi connectivity index (χ4v) is 2.04. The molecule has 2 aromatic rings. The van der Waals surface area contributed by atoms with Crippen LogP contribution >= 0.6 is 0 Å². The second-order valence-electron chi connectivity index (χ2n) is 4.76. The van der Waals surface area contributed by atoms with Crippen molar-refractivity contribution in [3.05, 3.63) is 65.7 Å². The first-order chi connectivity index (χ1) is 10.7. The van der Waals surface area contributed by atoms with E-state index in [1.165, 1.54) is 7.11 Å². The lowest BCUT2D eigenvalue weighted by molar-refractivity contribution is -0.141. The molecule has 0 saturated carbocycles. The molecule has 0 heterocycles. The van der Waals surface area contributed by atoms with Crippen LogP contribution in [0.25, 0.3) is 0 Å². The van der Waals surface area contributed by atoms with Crippen molar-refractivity contribution in [2.75, 3.05) is 14.2 Å². The van der Waals surface area contributed by atoms with Crippen LogP contribution in [0.1, 0.15) is 23.6 Å². The summed E-state index contributed by atoms with van der Waals surface area (Å²) in [6, 6.07) is 17.0. The van der Waals surface area contributed by atoms with Crippen molar-refractivity contribution in [2.24, 2.45) is 4.99 Å². The van der Waals surface area contributed by atoms with Crippen LogP contribution in [0.2, 0.25) is 0 Å². The summed E-state index contributed by atoms with van der Waals surface area (Å²) < 4.78 is 9.88. The largest absolute Gasteiger partial charge is 0.497 e. The van der Waals surface area contributed by atoms with Gasteiger partial charge in [-0.05, 0) is 35.4 Å². The highest BCUT2D eigenvalue weighted by molar-refractivity contribution is 5.80. The molecule has 0 aliphatic rings. The Hall–Kier alpha value is -2.62. The SMILES string of the molecule is COC(=O)C[C@H](N=Cc1ccc(OC)cc1)c1ccccc1. The molecule has 0 radical (unpaired) electrons. The highest BCUT2D eigenvalue weighted by Gasteiger charge is 2.14. The molecule has 2 aromatic carbocycles. The lowest BCUT2D eigenvalue weighted by Gasteiger charge is -2.11. The van der Waals surface area contributed by atoms with Gasteiger partial charge in [-0.1, -0.05) is 30.3 Å². The minimum absolute atomic E-state index is 0.215. The van der Waals surface area contributed by atoms with Crippen LogP contribution in [0.15, 0.2) is 59.6 Å². The van der Waals surface area contributed by atoms with E-state index in [4.69, 9.17) is 9.47 Å². The molecule has 0 amide bonds. The van der Waals surface area contributed by atoms with Gasteiger partial charge in [0.1, 0.15) is 5.75 Å². The molecule has 22 heavy (non-hydrogen) atoms. The first-order valence-electron chi connectivity index (χ1n) is 7.02. The van der Waals surface area contributed by atoms with E-state index < -0.39 is 0 Å². The monoisotopic (exact) mass is 297 g/mol. The number of methoxy groups -OCH3 is 2. The maximum atomic E-state index is 11.6. The zero-order chi connectivity index (χ0) is 15.8. The van der Waals surface area contributed by atoms with E-state index in [9.17, 15) is 4.79 Å². The quantitative estimate of drug-likeness (QED) is 0.606. The number of benzene rings is 2. The molecule has 0 aliphatic heterocycles.